The van der Waals surface area contributed by atoms with E-state index in [-0.39, 0.29) is 15.8 Å². The average molecular weight is 317 g/mol. The molecule has 2 aromatic rings. The van der Waals surface area contributed by atoms with Crippen LogP contribution in [-0.2, 0) is 0 Å². The van der Waals surface area contributed by atoms with Crippen molar-refractivity contribution < 1.29 is 9.18 Å². The third kappa shape index (κ3) is 3.16. The van der Waals surface area contributed by atoms with Crippen LogP contribution in [0.4, 0.5) is 4.39 Å². The first-order chi connectivity index (χ1) is 9.02. The fourth-order valence-corrected chi connectivity index (χ4v) is 3.14. The van der Waals surface area contributed by atoms with Crippen LogP contribution in [0.2, 0.25) is 10.0 Å². The second-order valence-corrected chi connectivity index (χ2v) is 5.99. The quantitative estimate of drug-likeness (QED) is 0.511. The molecule has 0 bridgehead atoms. The molecule has 0 aliphatic carbocycles. The highest BCUT2D eigenvalue weighted by Crippen LogP contribution is 2.34. The fraction of sp³-hybridized carbons (Fsp3) is 0.214. The SMILES string of the molecule is CCCC(=O)c1ccc(-c2cc(Cl)c(F)c(Cl)c2)s1. The number of rotatable bonds is 4. The van der Waals surface area contributed by atoms with Crippen molar-refractivity contribution >= 4 is 40.3 Å². The van der Waals surface area contributed by atoms with Crippen LogP contribution in [0, 0.1) is 5.82 Å². The van der Waals surface area contributed by atoms with Gasteiger partial charge in [-0.1, -0.05) is 30.1 Å². The highest BCUT2D eigenvalue weighted by atomic mass is 35.5. The first kappa shape index (κ1) is 14.5. The molecule has 1 nitrogen and oxygen atoms in total. The Bertz CT molecular complexity index is 599. The van der Waals surface area contributed by atoms with E-state index in [2.05, 4.69) is 0 Å². The van der Waals surface area contributed by atoms with Gasteiger partial charge in [-0.25, -0.2) is 4.39 Å². The largest absolute Gasteiger partial charge is 0.293 e. The Labute approximate surface area is 125 Å². The van der Waals surface area contributed by atoms with Crippen LogP contribution in [0.25, 0.3) is 10.4 Å². The van der Waals surface area contributed by atoms with Gasteiger partial charge in [0, 0.05) is 11.3 Å². The van der Waals surface area contributed by atoms with Crippen molar-refractivity contribution in [2.75, 3.05) is 0 Å². The third-order valence-electron chi connectivity index (χ3n) is 2.63. The van der Waals surface area contributed by atoms with Gasteiger partial charge in [-0.15, -0.1) is 11.3 Å². The first-order valence-electron chi connectivity index (χ1n) is 5.81. The summed E-state index contributed by atoms with van der Waals surface area (Å²) in [5.41, 5.74) is 0.719. The zero-order chi connectivity index (χ0) is 14.0. The van der Waals surface area contributed by atoms with E-state index in [1.165, 1.54) is 23.5 Å². The summed E-state index contributed by atoms with van der Waals surface area (Å²) in [6.45, 7) is 1.96. The van der Waals surface area contributed by atoms with Crippen LogP contribution < -0.4 is 0 Å². The van der Waals surface area contributed by atoms with Crippen LogP contribution >= 0.6 is 34.5 Å². The molecule has 19 heavy (non-hydrogen) atoms. The van der Waals surface area contributed by atoms with Crippen molar-refractivity contribution in [1.82, 2.24) is 0 Å². The normalized spacial score (nSPS) is 10.7. The molecule has 0 amide bonds. The lowest BCUT2D eigenvalue weighted by atomic mass is 10.1. The summed E-state index contributed by atoms with van der Waals surface area (Å²) in [5, 5.41) is -0.0327. The van der Waals surface area contributed by atoms with E-state index in [0.29, 0.717) is 11.3 Å². The molecular weight excluding hydrogens is 306 g/mol. The molecule has 2 rings (SSSR count). The Morgan fingerprint density at radius 1 is 1.26 bits per heavy atom. The maximum atomic E-state index is 13.3. The molecule has 0 saturated heterocycles. The van der Waals surface area contributed by atoms with Crippen molar-refractivity contribution in [3.8, 4) is 10.4 Å². The average Bonchev–Trinajstić information content (AvgIpc) is 2.85. The lowest BCUT2D eigenvalue weighted by molar-refractivity contribution is 0.0985. The molecule has 0 fully saturated rings. The van der Waals surface area contributed by atoms with Gasteiger partial charge in [0.15, 0.2) is 11.6 Å². The van der Waals surface area contributed by atoms with Crippen LogP contribution in [0.3, 0.4) is 0 Å². The number of thiophene rings is 1. The minimum atomic E-state index is -0.620. The number of ketones is 1. The molecule has 0 saturated carbocycles. The van der Waals surface area contributed by atoms with E-state index in [9.17, 15) is 9.18 Å². The summed E-state index contributed by atoms with van der Waals surface area (Å²) in [6.07, 6.45) is 1.35. The van der Waals surface area contributed by atoms with Gasteiger partial charge in [0.25, 0.3) is 0 Å². The molecule has 1 aromatic heterocycles. The Hall–Kier alpha value is -0.900. The van der Waals surface area contributed by atoms with Crippen LogP contribution in [0.1, 0.15) is 29.4 Å². The second kappa shape index (κ2) is 6.04. The highest BCUT2D eigenvalue weighted by molar-refractivity contribution is 7.17. The van der Waals surface area contributed by atoms with Gasteiger partial charge >= 0.3 is 0 Å². The monoisotopic (exact) mass is 316 g/mol. The number of benzene rings is 1. The predicted molar refractivity (Wildman–Crippen MR) is 79.0 cm³/mol. The Balaban J connectivity index is 2.35. The Morgan fingerprint density at radius 3 is 2.47 bits per heavy atom. The Kier molecular flexibility index (Phi) is 4.61. The van der Waals surface area contributed by atoms with Gasteiger partial charge in [-0.05, 0) is 36.2 Å². The van der Waals surface area contributed by atoms with Crippen molar-refractivity contribution in [3.63, 3.8) is 0 Å². The molecule has 0 aliphatic heterocycles. The van der Waals surface area contributed by atoms with E-state index >= 15 is 0 Å². The van der Waals surface area contributed by atoms with Crippen LogP contribution in [0.15, 0.2) is 24.3 Å². The minimum Gasteiger partial charge on any atom is -0.293 e. The minimum absolute atomic E-state index is 0.0164. The van der Waals surface area contributed by atoms with Crippen molar-refractivity contribution in [2.45, 2.75) is 19.8 Å². The van der Waals surface area contributed by atoms with E-state index < -0.39 is 5.82 Å². The summed E-state index contributed by atoms with van der Waals surface area (Å²) in [4.78, 5) is 13.3. The first-order valence-corrected chi connectivity index (χ1v) is 7.38. The summed E-state index contributed by atoms with van der Waals surface area (Å²) in [6, 6.07) is 6.64. The van der Waals surface area contributed by atoms with Gasteiger partial charge in [0.05, 0.1) is 14.9 Å². The molecule has 0 N–H and O–H groups in total. The maximum Gasteiger partial charge on any atom is 0.172 e. The van der Waals surface area contributed by atoms with Crippen LogP contribution in [0.5, 0.6) is 0 Å². The summed E-state index contributed by atoms with van der Waals surface area (Å²) >= 11 is 12.9. The van der Waals surface area contributed by atoms with E-state index in [0.717, 1.165) is 16.9 Å². The number of Topliss-reactive ketones (excluding diaryl/α,β-unsaturated/α-hetero) is 1. The molecule has 1 heterocycles. The topological polar surface area (TPSA) is 17.1 Å². The summed E-state index contributed by atoms with van der Waals surface area (Å²) in [5.74, 6) is -0.496. The lowest BCUT2D eigenvalue weighted by Gasteiger charge is -2.02. The molecule has 0 unspecified atom stereocenters. The van der Waals surface area contributed by atoms with E-state index in [1.54, 1.807) is 6.07 Å². The van der Waals surface area contributed by atoms with Crippen molar-refractivity contribution in [2.24, 2.45) is 0 Å². The number of hydrogen-bond donors (Lipinski definition) is 0. The van der Waals surface area contributed by atoms with Gasteiger partial charge in [0.1, 0.15) is 0 Å². The zero-order valence-electron chi connectivity index (χ0n) is 10.2. The highest BCUT2D eigenvalue weighted by Gasteiger charge is 2.13. The molecule has 0 radical (unpaired) electrons. The molecule has 0 aliphatic rings. The standard InChI is InChI=1S/C14H11Cl2FOS/c1-2-3-11(18)13-5-4-12(19-13)8-6-9(15)14(17)10(16)7-8/h4-7H,2-3H2,1H3. The van der Waals surface area contributed by atoms with Gasteiger partial charge in [-0.2, -0.15) is 0 Å². The van der Waals surface area contributed by atoms with Crippen molar-refractivity contribution in [3.05, 3.63) is 45.0 Å². The molecule has 0 spiro atoms. The van der Waals surface area contributed by atoms with Gasteiger partial charge < -0.3 is 0 Å². The predicted octanol–water partition coefficient (Wildman–Crippen LogP) is 5.84. The molecule has 1 aromatic carbocycles. The van der Waals surface area contributed by atoms with E-state index in [4.69, 9.17) is 23.2 Å². The number of carbonyl (C=O) groups is 1. The second-order valence-electron chi connectivity index (χ2n) is 4.09. The van der Waals surface area contributed by atoms with Gasteiger partial charge in [-0.3, -0.25) is 4.79 Å². The molecule has 0 atom stereocenters. The van der Waals surface area contributed by atoms with Crippen LogP contribution in [-0.4, -0.2) is 5.78 Å². The molecule has 5 heteroatoms. The Morgan fingerprint density at radius 2 is 1.89 bits per heavy atom. The van der Waals surface area contributed by atoms with E-state index in [1.807, 2.05) is 13.0 Å². The van der Waals surface area contributed by atoms with Crippen molar-refractivity contribution in [1.29, 1.82) is 0 Å². The summed E-state index contributed by atoms with van der Waals surface area (Å²) in [7, 11) is 0. The number of hydrogen-bond acceptors (Lipinski definition) is 2. The number of halogens is 3. The summed E-state index contributed by atoms with van der Waals surface area (Å²) < 4.78 is 13.3. The fourth-order valence-electron chi connectivity index (χ4n) is 1.69. The maximum absolute atomic E-state index is 13.3. The smallest absolute Gasteiger partial charge is 0.172 e. The lowest BCUT2D eigenvalue weighted by Crippen LogP contribution is -1.93. The van der Waals surface area contributed by atoms with Gasteiger partial charge in [0.2, 0.25) is 0 Å². The molecular formula is C14H11Cl2FOS. The molecule has 100 valence electrons. The number of carbonyl (C=O) groups excluding carboxylic acids is 1. The third-order valence-corrected chi connectivity index (χ3v) is 4.35. The zero-order valence-corrected chi connectivity index (χ0v) is 12.5.